The van der Waals surface area contributed by atoms with E-state index in [1.165, 1.54) is 14.5 Å². The van der Waals surface area contributed by atoms with E-state index in [0.29, 0.717) is 0 Å². The predicted octanol–water partition coefficient (Wildman–Crippen LogP) is 5.17. The van der Waals surface area contributed by atoms with Crippen molar-refractivity contribution in [2.45, 2.75) is 26.4 Å². The van der Waals surface area contributed by atoms with E-state index in [9.17, 15) is 0 Å². The lowest BCUT2D eigenvalue weighted by Gasteiger charge is -2.10. The Bertz CT molecular complexity index is 732. The molecule has 0 saturated heterocycles. The average molecular weight is 323 g/mol. The van der Waals surface area contributed by atoms with Gasteiger partial charge in [-0.05, 0) is 19.9 Å². The molecule has 0 aliphatic carbocycles. The Morgan fingerprint density at radius 1 is 1.30 bits per heavy atom. The van der Waals surface area contributed by atoms with Gasteiger partial charge in [0.1, 0.15) is 5.01 Å². The third-order valence-corrected chi connectivity index (χ3v) is 5.99. The van der Waals surface area contributed by atoms with Crippen LogP contribution in [-0.4, -0.2) is 4.98 Å². The van der Waals surface area contributed by atoms with Gasteiger partial charge in [0.15, 0.2) is 0 Å². The van der Waals surface area contributed by atoms with E-state index in [1.807, 2.05) is 18.3 Å². The third kappa shape index (κ3) is 2.74. The molecule has 1 unspecified atom stereocenters. The van der Waals surface area contributed by atoms with Crippen LogP contribution >= 0.6 is 34.3 Å². The molecule has 104 valence electrons. The van der Waals surface area contributed by atoms with Crippen LogP contribution in [0.2, 0.25) is 5.02 Å². The Morgan fingerprint density at radius 2 is 2.10 bits per heavy atom. The van der Waals surface area contributed by atoms with E-state index in [1.54, 1.807) is 22.7 Å². The van der Waals surface area contributed by atoms with Crippen LogP contribution in [0.15, 0.2) is 30.5 Å². The van der Waals surface area contributed by atoms with Crippen LogP contribution < -0.4 is 5.32 Å². The van der Waals surface area contributed by atoms with Crippen LogP contribution in [-0.2, 0) is 6.54 Å². The molecule has 1 N–H and O–H groups in total. The average Bonchev–Trinajstić information content (AvgIpc) is 3.01. The van der Waals surface area contributed by atoms with Gasteiger partial charge < -0.3 is 5.32 Å². The minimum atomic E-state index is 0.245. The van der Waals surface area contributed by atoms with Crippen LogP contribution in [0.25, 0.3) is 10.1 Å². The SMILES string of the molecule is Cc1cnc(C(C)NCc2sc3ccccc3c2Cl)s1. The summed E-state index contributed by atoms with van der Waals surface area (Å²) < 4.78 is 1.24. The number of aromatic nitrogens is 1. The normalized spacial score (nSPS) is 12.9. The molecule has 0 spiro atoms. The standard InChI is InChI=1S/C15H15ClN2S2/c1-9-7-18-15(19-9)10(2)17-8-13-14(16)11-5-3-4-6-12(11)20-13/h3-7,10,17H,8H2,1-2H3. The van der Waals surface area contributed by atoms with Crippen LogP contribution in [0.4, 0.5) is 0 Å². The van der Waals surface area contributed by atoms with Gasteiger partial charge in [-0.15, -0.1) is 22.7 Å². The molecule has 0 radical (unpaired) electrons. The number of benzene rings is 1. The summed E-state index contributed by atoms with van der Waals surface area (Å²) in [6.45, 7) is 4.99. The fourth-order valence-corrected chi connectivity index (χ4v) is 4.34. The van der Waals surface area contributed by atoms with Crippen LogP contribution in [0, 0.1) is 6.92 Å². The van der Waals surface area contributed by atoms with Crippen molar-refractivity contribution in [1.29, 1.82) is 0 Å². The summed E-state index contributed by atoms with van der Waals surface area (Å²) in [6, 6.07) is 8.51. The quantitative estimate of drug-likeness (QED) is 0.716. The molecule has 1 aromatic carbocycles. The Balaban J connectivity index is 1.75. The highest BCUT2D eigenvalue weighted by atomic mass is 35.5. The summed E-state index contributed by atoms with van der Waals surface area (Å²) in [5.74, 6) is 0. The molecule has 20 heavy (non-hydrogen) atoms. The maximum absolute atomic E-state index is 6.45. The number of hydrogen-bond acceptors (Lipinski definition) is 4. The van der Waals surface area contributed by atoms with E-state index in [4.69, 9.17) is 11.6 Å². The fraction of sp³-hybridized carbons (Fsp3) is 0.267. The van der Waals surface area contributed by atoms with Gasteiger partial charge in [-0.25, -0.2) is 4.98 Å². The van der Waals surface area contributed by atoms with Gasteiger partial charge in [0, 0.05) is 32.6 Å². The maximum Gasteiger partial charge on any atom is 0.109 e. The molecule has 5 heteroatoms. The lowest BCUT2D eigenvalue weighted by molar-refractivity contribution is 0.576. The van der Waals surface area contributed by atoms with Crippen molar-refractivity contribution in [3.63, 3.8) is 0 Å². The molecular weight excluding hydrogens is 308 g/mol. The van der Waals surface area contributed by atoms with Crippen molar-refractivity contribution in [3.8, 4) is 0 Å². The third-order valence-electron chi connectivity index (χ3n) is 3.18. The molecule has 2 heterocycles. The lowest BCUT2D eigenvalue weighted by Crippen LogP contribution is -2.17. The second-order valence-electron chi connectivity index (χ2n) is 4.75. The smallest absolute Gasteiger partial charge is 0.109 e. The van der Waals surface area contributed by atoms with Crippen molar-refractivity contribution in [3.05, 3.63) is 50.2 Å². The first kappa shape index (κ1) is 14.0. The molecule has 0 aliphatic heterocycles. The summed E-state index contributed by atoms with van der Waals surface area (Å²) in [5, 5.41) is 6.65. The first-order valence-electron chi connectivity index (χ1n) is 6.47. The molecule has 0 aliphatic rings. The highest BCUT2D eigenvalue weighted by Crippen LogP contribution is 2.35. The summed E-state index contributed by atoms with van der Waals surface area (Å²) in [4.78, 5) is 6.85. The summed E-state index contributed by atoms with van der Waals surface area (Å²) in [5.41, 5.74) is 0. The van der Waals surface area contributed by atoms with Crippen LogP contribution in [0.1, 0.15) is 27.7 Å². The summed E-state index contributed by atoms with van der Waals surface area (Å²) in [7, 11) is 0. The molecule has 3 rings (SSSR count). The fourth-order valence-electron chi connectivity index (χ4n) is 2.08. The minimum Gasteiger partial charge on any atom is -0.303 e. The molecule has 1 atom stereocenters. The molecule has 0 saturated carbocycles. The van der Waals surface area contributed by atoms with E-state index < -0.39 is 0 Å². The zero-order valence-corrected chi connectivity index (χ0v) is 13.7. The van der Waals surface area contributed by atoms with Crippen LogP contribution in [0.3, 0.4) is 0 Å². The highest BCUT2D eigenvalue weighted by Gasteiger charge is 2.13. The zero-order valence-electron chi connectivity index (χ0n) is 11.3. The number of nitrogens with one attached hydrogen (secondary N) is 1. The van der Waals surface area contributed by atoms with E-state index in [-0.39, 0.29) is 6.04 Å². The summed E-state index contributed by atoms with van der Waals surface area (Å²) in [6.07, 6.45) is 1.92. The number of fused-ring (bicyclic) bond motifs is 1. The number of aryl methyl sites for hydroxylation is 1. The van der Waals surface area contributed by atoms with Gasteiger partial charge in [-0.1, -0.05) is 29.8 Å². The first-order valence-corrected chi connectivity index (χ1v) is 8.48. The van der Waals surface area contributed by atoms with Gasteiger partial charge in [0.05, 0.1) is 11.1 Å². The largest absolute Gasteiger partial charge is 0.303 e. The second kappa shape index (κ2) is 5.82. The van der Waals surface area contributed by atoms with Crippen molar-refractivity contribution in [2.24, 2.45) is 0 Å². The van der Waals surface area contributed by atoms with E-state index in [2.05, 4.69) is 36.3 Å². The Labute approximate surface area is 131 Å². The van der Waals surface area contributed by atoms with Gasteiger partial charge in [0.2, 0.25) is 0 Å². The van der Waals surface area contributed by atoms with Gasteiger partial charge in [-0.3, -0.25) is 0 Å². The van der Waals surface area contributed by atoms with Crippen molar-refractivity contribution in [2.75, 3.05) is 0 Å². The summed E-state index contributed by atoms with van der Waals surface area (Å²) >= 11 is 9.94. The van der Waals surface area contributed by atoms with Crippen molar-refractivity contribution in [1.82, 2.24) is 10.3 Å². The second-order valence-corrected chi connectivity index (χ2v) is 7.53. The Kier molecular flexibility index (Phi) is 4.08. The first-order chi connectivity index (χ1) is 9.65. The number of thiazole rings is 1. The van der Waals surface area contributed by atoms with E-state index in [0.717, 1.165) is 22.0 Å². The minimum absolute atomic E-state index is 0.245. The molecular formula is C15H15ClN2S2. The van der Waals surface area contributed by atoms with Crippen molar-refractivity contribution < 1.29 is 0 Å². The highest BCUT2D eigenvalue weighted by molar-refractivity contribution is 7.19. The molecule has 0 amide bonds. The predicted molar refractivity (Wildman–Crippen MR) is 88.9 cm³/mol. The number of rotatable bonds is 4. The van der Waals surface area contributed by atoms with Gasteiger partial charge in [0.25, 0.3) is 0 Å². The monoisotopic (exact) mass is 322 g/mol. The van der Waals surface area contributed by atoms with Crippen LogP contribution in [0.5, 0.6) is 0 Å². The molecule has 0 bridgehead atoms. The molecule has 2 nitrogen and oxygen atoms in total. The lowest BCUT2D eigenvalue weighted by atomic mass is 10.2. The molecule has 3 aromatic rings. The van der Waals surface area contributed by atoms with E-state index >= 15 is 0 Å². The molecule has 0 fully saturated rings. The number of hydrogen-bond donors (Lipinski definition) is 1. The molecule has 2 aromatic heterocycles. The Hall–Kier alpha value is -0.940. The van der Waals surface area contributed by atoms with Gasteiger partial charge in [-0.2, -0.15) is 0 Å². The number of halogens is 1. The van der Waals surface area contributed by atoms with Crippen molar-refractivity contribution >= 4 is 44.4 Å². The Morgan fingerprint density at radius 3 is 2.80 bits per heavy atom. The number of thiophene rings is 1. The maximum atomic E-state index is 6.45. The topological polar surface area (TPSA) is 24.9 Å². The number of nitrogens with zero attached hydrogens (tertiary/aromatic N) is 1. The zero-order chi connectivity index (χ0) is 14.1. The van der Waals surface area contributed by atoms with Gasteiger partial charge >= 0.3 is 0 Å².